The molecule has 70 valence electrons. The molecule has 13 heavy (non-hydrogen) atoms. The van der Waals surface area contributed by atoms with E-state index in [1.807, 2.05) is 18.2 Å². The van der Waals surface area contributed by atoms with Gasteiger partial charge in [0.2, 0.25) is 0 Å². The summed E-state index contributed by atoms with van der Waals surface area (Å²) >= 11 is 0. The number of nitrogens with zero attached hydrogens (tertiary/aromatic N) is 1. The SMILES string of the molecule is CCC(CC=NO)c1ccccc1. The first kappa shape index (κ1) is 9.78. The molecule has 1 N–H and O–H groups in total. The molecule has 0 amide bonds. The van der Waals surface area contributed by atoms with Crippen molar-refractivity contribution in [2.45, 2.75) is 25.7 Å². The van der Waals surface area contributed by atoms with Gasteiger partial charge >= 0.3 is 0 Å². The van der Waals surface area contributed by atoms with Crippen LogP contribution in [0.3, 0.4) is 0 Å². The molecule has 0 aliphatic carbocycles. The van der Waals surface area contributed by atoms with Crippen molar-refractivity contribution in [2.75, 3.05) is 0 Å². The Kier molecular flexibility index (Phi) is 4.03. The van der Waals surface area contributed by atoms with E-state index in [9.17, 15) is 0 Å². The van der Waals surface area contributed by atoms with Crippen LogP contribution in [0, 0.1) is 0 Å². The Morgan fingerprint density at radius 3 is 2.62 bits per heavy atom. The Morgan fingerprint density at radius 2 is 2.08 bits per heavy atom. The molecule has 1 aromatic carbocycles. The van der Waals surface area contributed by atoms with Crippen molar-refractivity contribution >= 4 is 6.21 Å². The topological polar surface area (TPSA) is 32.6 Å². The van der Waals surface area contributed by atoms with Crippen molar-refractivity contribution in [1.82, 2.24) is 0 Å². The molecule has 1 rings (SSSR count). The molecule has 0 aliphatic heterocycles. The van der Waals surface area contributed by atoms with Crippen LogP contribution < -0.4 is 0 Å². The highest BCUT2D eigenvalue weighted by Gasteiger charge is 2.06. The van der Waals surface area contributed by atoms with Gasteiger partial charge in [0.25, 0.3) is 0 Å². The van der Waals surface area contributed by atoms with Crippen LogP contribution in [-0.2, 0) is 0 Å². The Balaban J connectivity index is 2.67. The Labute approximate surface area is 78.9 Å². The smallest absolute Gasteiger partial charge is 0.0442 e. The molecule has 0 saturated heterocycles. The Bertz CT molecular complexity index is 256. The van der Waals surface area contributed by atoms with Crippen LogP contribution in [0.1, 0.15) is 31.2 Å². The number of rotatable bonds is 4. The van der Waals surface area contributed by atoms with E-state index in [1.165, 1.54) is 5.56 Å². The minimum absolute atomic E-state index is 0.470. The van der Waals surface area contributed by atoms with Crippen LogP contribution in [0.4, 0.5) is 0 Å². The van der Waals surface area contributed by atoms with Gasteiger partial charge in [-0.2, -0.15) is 0 Å². The largest absolute Gasteiger partial charge is 0.411 e. The maximum absolute atomic E-state index is 8.33. The van der Waals surface area contributed by atoms with E-state index in [2.05, 4.69) is 24.2 Å². The van der Waals surface area contributed by atoms with E-state index in [-0.39, 0.29) is 0 Å². The van der Waals surface area contributed by atoms with Crippen LogP contribution in [0.25, 0.3) is 0 Å². The summed E-state index contributed by atoms with van der Waals surface area (Å²) in [4.78, 5) is 0. The number of hydrogen-bond acceptors (Lipinski definition) is 2. The molecule has 0 saturated carbocycles. The Hall–Kier alpha value is -1.31. The standard InChI is InChI=1S/C11H15NO/c1-2-10(8-9-12-13)11-6-4-3-5-7-11/h3-7,9-10,13H,2,8H2,1H3. The molecule has 1 aromatic rings. The molecule has 0 aliphatic rings. The van der Waals surface area contributed by atoms with Gasteiger partial charge < -0.3 is 5.21 Å². The van der Waals surface area contributed by atoms with Crippen molar-refractivity contribution in [2.24, 2.45) is 5.16 Å². The van der Waals surface area contributed by atoms with E-state index < -0.39 is 0 Å². The van der Waals surface area contributed by atoms with E-state index in [0.29, 0.717) is 5.92 Å². The molecular weight excluding hydrogens is 162 g/mol. The lowest BCUT2D eigenvalue weighted by molar-refractivity contribution is 0.320. The first-order chi connectivity index (χ1) is 6.38. The number of benzene rings is 1. The lowest BCUT2D eigenvalue weighted by Crippen LogP contribution is -1.97. The number of hydrogen-bond donors (Lipinski definition) is 1. The molecule has 0 fully saturated rings. The summed E-state index contributed by atoms with van der Waals surface area (Å²) < 4.78 is 0. The third-order valence-electron chi connectivity index (χ3n) is 2.24. The third kappa shape index (κ3) is 2.90. The molecule has 1 unspecified atom stereocenters. The lowest BCUT2D eigenvalue weighted by Gasteiger charge is -2.11. The monoisotopic (exact) mass is 177 g/mol. The number of oxime groups is 1. The zero-order valence-electron chi connectivity index (χ0n) is 7.85. The molecular formula is C11H15NO. The first-order valence-electron chi connectivity index (χ1n) is 4.59. The molecule has 0 aromatic heterocycles. The van der Waals surface area contributed by atoms with E-state index in [1.54, 1.807) is 6.21 Å². The zero-order chi connectivity index (χ0) is 9.52. The van der Waals surface area contributed by atoms with Gasteiger partial charge in [-0.25, -0.2) is 0 Å². The summed E-state index contributed by atoms with van der Waals surface area (Å²) in [5.74, 6) is 0.470. The van der Waals surface area contributed by atoms with Crippen LogP contribution in [0.5, 0.6) is 0 Å². The summed E-state index contributed by atoms with van der Waals surface area (Å²) in [6.07, 6.45) is 3.42. The van der Waals surface area contributed by atoms with Gasteiger partial charge in [0.1, 0.15) is 0 Å². The maximum atomic E-state index is 8.33. The lowest BCUT2D eigenvalue weighted by atomic mass is 9.94. The molecule has 1 atom stereocenters. The summed E-state index contributed by atoms with van der Waals surface area (Å²) in [6, 6.07) is 10.3. The minimum Gasteiger partial charge on any atom is -0.411 e. The van der Waals surface area contributed by atoms with Crippen molar-refractivity contribution in [3.63, 3.8) is 0 Å². The van der Waals surface area contributed by atoms with E-state index >= 15 is 0 Å². The molecule has 2 nitrogen and oxygen atoms in total. The summed E-state index contributed by atoms with van der Waals surface area (Å²) in [6.45, 7) is 2.14. The summed E-state index contributed by atoms with van der Waals surface area (Å²) in [5.41, 5.74) is 1.31. The normalized spacial score (nSPS) is 13.3. The predicted molar refractivity (Wildman–Crippen MR) is 54.4 cm³/mol. The zero-order valence-corrected chi connectivity index (χ0v) is 7.85. The van der Waals surface area contributed by atoms with Gasteiger partial charge in [0, 0.05) is 6.21 Å². The first-order valence-corrected chi connectivity index (χ1v) is 4.59. The van der Waals surface area contributed by atoms with Crippen molar-refractivity contribution in [3.8, 4) is 0 Å². The van der Waals surface area contributed by atoms with Crippen LogP contribution in [0.2, 0.25) is 0 Å². The van der Waals surface area contributed by atoms with Gasteiger partial charge in [-0.15, -0.1) is 5.16 Å². The van der Waals surface area contributed by atoms with Crippen molar-refractivity contribution in [3.05, 3.63) is 35.9 Å². The second kappa shape index (κ2) is 5.36. The third-order valence-corrected chi connectivity index (χ3v) is 2.24. The molecule has 0 spiro atoms. The van der Waals surface area contributed by atoms with Crippen molar-refractivity contribution < 1.29 is 5.21 Å². The van der Waals surface area contributed by atoms with Crippen molar-refractivity contribution in [1.29, 1.82) is 0 Å². The van der Waals surface area contributed by atoms with Gasteiger partial charge in [0.15, 0.2) is 0 Å². The van der Waals surface area contributed by atoms with E-state index in [0.717, 1.165) is 12.8 Å². The summed E-state index contributed by atoms with van der Waals surface area (Å²) in [5, 5.41) is 11.4. The fourth-order valence-electron chi connectivity index (χ4n) is 1.44. The highest BCUT2D eigenvalue weighted by atomic mass is 16.4. The highest BCUT2D eigenvalue weighted by Crippen LogP contribution is 2.21. The van der Waals surface area contributed by atoms with Crippen LogP contribution in [0.15, 0.2) is 35.5 Å². The molecule has 2 heteroatoms. The van der Waals surface area contributed by atoms with Crippen LogP contribution in [-0.4, -0.2) is 11.4 Å². The summed E-state index contributed by atoms with van der Waals surface area (Å²) in [7, 11) is 0. The fourth-order valence-corrected chi connectivity index (χ4v) is 1.44. The van der Waals surface area contributed by atoms with Gasteiger partial charge in [0.05, 0.1) is 0 Å². The second-order valence-electron chi connectivity index (χ2n) is 3.05. The highest BCUT2D eigenvalue weighted by molar-refractivity contribution is 5.57. The minimum atomic E-state index is 0.470. The maximum Gasteiger partial charge on any atom is 0.0442 e. The Morgan fingerprint density at radius 1 is 1.38 bits per heavy atom. The molecule has 0 heterocycles. The quantitative estimate of drug-likeness (QED) is 0.428. The van der Waals surface area contributed by atoms with Gasteiger partial charge in [-0.05, 0) is 24.3 Å². The fraction of sp³-hybridized carbons (Fsp3) is 0.364. The average molecular weight is 177 g/mol. The average Bonchev–Trinajstić information content (AvgIpc) is 2.21. The molecule has 0 bridgehead atoms. The molecule has 0 radical (unpaired) electrons. The second-order valence-corrected chi connectivity index (χ2v) is 3.05. The predicted octanol–water partition coefficient (Wildman–Crippen LogP) is 3.03. The van der Waals surface area contributed by atoms with Crippen LogP contribution >= 0.6 is 0 Å². The van der Waals surface area contributed by atoms with E-state index in [4.69, 9.17) is 5.21 Å². The van der Waals surface area contributed by atoms with Gasteiger partial charge in [-0.1, -0.05) is 37.3 Å². The van der Waals surface area contributed by atoms with Gasteiger partial charge in [-0.3, -0.25) is 0 Å².